The molecule has 1 saturated carbocycles. The van der Waals surface area contributed by atoms with Crippen molar-refractivity contribution in [3.63, 3.8) is 0 Å². The summed E-state index contributed by atoms with van der Waals surface area (Å²) in [7, 11) is 0. The van der Waals surface area contributed by atoms with Gasteiger partial charge < -0.3 is 19.7 Å². The fourth-order valence-corrected chi connectivity index (χ4v) is 3.79. The molecule has 0 aromatic carbocycles. The molecule has 0 aromatic rings. The summed E-state index contributed by atoms with van der Waals surface area (Å²) >= 11 is 0. The van der Waals surface area contributed by atoms with Crippen molar-refractivity contribution in [2.75, 3.05) is 6.54 Å². The molecule has 12 nitrogen and oxygen atoms in total. The van der Waals surface area contributed by atoms with E-state index in [-0.39, 0.29) is 31.3 Å². The molecule has 1 aliphatic carbocycles. The van der Waals surface area contributed by atoms with E-state index in [4.69, 9.17) is 5.11 Å². The highest BCUT2D eigenvalue weighted by atomic mass is 17.0. The molecule has 2 fully saturated rings. The number of aliphatic carboxylic acids is 1. The first-order valence-electron chi connectivity index (χ1n) is 8.38. The maximum Gasteiger partial charge on any atom is 0.306 e. The molecule has 0 spiro atoms. The third-order valence-corrected chi connectivity index (χ3v) is 5.06. The van der Waals surface area contributed by atoms with Gasteiger partial charge in [0.25, 0.3) is 10.2 Å². The molecule has 3 unspecified atom stereocenters. The summed E-state index contributed by atoms with van der Waals surface area (Å²) < 4.78 is 0. The molecule has 1 saturated heterocycles. The highest BCUT2D eigenvalue weighted by molar-refractivity contribution is 5.80. The van der Waals surface area contributed by atoms with E-state index >= 15 is 0 Å². The first kappa shape index (κ1) is 19.7. The van der Waals surface area contributed by atoms with E-state index in [2.05, 4.69) is 9.68 Å². The van der Waals surface area contributed by atoms with E-state index in [1.165, 1.54) is 0 Å². The van der Waals surface area contributed by atoms with Crippen LogP contribution in [0.2, 0.25) is 0 Å². The lowest BCUT2D eigenvalue weighted by molar-refractivity contribution is -0.797. The van der Waals surface area contributed by atoms with Crippen LogP contribution in [0.4, 0.5) is 0 Å². The van der Waals surface area contributed by atoms with E-state index in [9.17, 15) is 29.8 Å². The minimum atomic E-state index is -1.19. The van der Waals surface area contributed by atoms with Gasteiger partial charge in [0, 0.05) is 18.5 Å². The lowest BCUT2D eigenvalue weighted by atomic mass is 9.88. The third kappa shape index (κ3) is 4.49. The summed E-state index contributed by atoms with van der Waals surface area (Å²) in [4.78, 5) is 55.6. The standard InChI is InChI=1S/C14H21N3O9/c1-2-10-5-8(14(19)20)3-4-15(10)13(18)9-6-11(25-16(21)22)12(7-9)26-17(23)24/h8-12H,2-7H2,1H3,(H,19,20)/t8?,9?,10?,11-,12+. The fourth-order valence-electron chi connectivity index (χ4n) is 3.79. The highest BCUT2D eigenvalue weighted by Crippen LogP contribution is 2.35. The number of hydrogen-bond acceptors (Lipinski definition) is 8. The largest absolute Gasteiger partial charge is 0.481 e. The second-order valence-electron chi connectivity index (χ2n) is 6.56. The summed E-state index contributed by atoms with van der Waals surface area (Å²) in [5, 5.41) is 28.2. The summed E-state index contributed by atoms with van der Waals surface area (Å²) in [6, 6.07) is -0.247. The van der Waals surface area contributed by atoms with Crippen molar-refractivity contribution in [3.8, 4) is 0 Å². The number of nitrogens with zero attached hydrogens (tertiary/aromatic N) is 3. The molecule has 26 heavy (non-hydrogen) atoms. The average Bonchev–Trinajstić information content (AvgIpc) is 2.94. The van der Waals surface area contributed by atoms with Crippen molar-refractivity contribution in [1.29, 1.82) is 0 Å². The van der Waals surface area contributed by atoms with Crippen LogP contribution in [0.25, 0.3) is 0 Å². The maximum absolute atomic E-state index is 12.8. The highest BCUT2D eigenvalue weighted by Gasteiger charge is 2.45. The molecule has 12 heteroatoms. The average molecular weight is 375 g/mol. The molecule has 1 aliphatic heterocycles. The number of carbonyl (C=O) groups is 2. The Bertz CT molecular complexity index is 560. The molecule has 1 N–H and O–H groups in total. The zero-order valence-corrected chi connectivity index (χ0v) is 14.2. The van der Waals surface area contributed by atoms with Gasteiger partial charge in [0.2, 0.25) is 5.91 Å². The molecule has 5 atom stereocenters. The summed E-state index contributed by atoms with van der Waals surface area (Å²) in [6.45, 7) is 2.12. The van der Waals surface area contributed by atoms with Crippen LogP contribution in [-0.4, -0.2) is 56.9 Å². The first-order valence-corrected chi connectivity index (χ1v) is 8.38. The molecule has 0 radical (unpaired) electrons. The van der Waals surface area contributed by atoms with E-state index in [0.29, 0.717) is 19.3 Å². The number of amides is 1. The van der Waals surface area contributed by atoms with Crippen LogP contribution >= 0.6 is 0 Å². The number of piperidine rings is 1. The van der Waals surface area contributed by atoms with Gasteiger partial charge in [-0.15, -0.1) is 20.2 Å². The molecule has 1 heterocycles. The lowest BCUT2D eigenvalue weighted by Crippen LogP contribution is -2.49. The minimum absolute atomic E-state index is 0.0619. The van der Waals surface area contributed by atoms with Crippen LogP contribution in [0.1, 0.15) is 39.0 Å². The third-order valence-electron chi connectivity index (χ3n) is 5.06. The Morgan fingerprint density at radius 3 is 2.04 bits per heavy atom. The fraction of sp³-hybridized carbons (Fsp3) is 0.857. The maximum atomic E-state index is 12.8. The second kappa shape index (κ2) is 8.15. The Morgan fingerprint density at radius 1 is 1.08 bits per heavy atom. The topological polar surface area (TPSA) is 162 Å². The van der Waals surface area contributed by atoms with Gasteiger partial charge in [-0.3, -0.25) is 9.59 Å². The van der Waals surface area contributed by atoms with E-state index < -0.39 is 40.2 Å². The Labute approximate surface area is 148 Å². The van der Waals surface area contributed by atoms with Crippen molar-refractivity contribution in [1.82, 2.24) is 4.90 Å². The van der Waals surface area contributed by atoms with Crippen LogP contribution in [0.5, 0.6) is 0 Å². The summed E-state index contributed by atoms with van der Waals surface area (Å²) in [5.41, 5.74) is 0. The predicted octanol–water partition coefficient (Wildman–Crippen LogP) is 0.652. The second-order valence-corrected chi connectivity index (χ2v) is 6.56. The Balaban J connectivity index is 2.07. The first-order chi connectivity index (χ1) is 12.2. The molecule has 0 aromatic heterocycles. The Morgan fingerprint density at radius 2 is 1.62 bits per heavy atom. The number of carbonyl (C=O) groups excluding carboxylic acids is 1. The molecule has 1 amide bonds. The van der Waals surface area contributed by atoms with Crippen LogP contribution in [-0.2, 0) is 19.3 Å². The van der Waals surface area contributed by atoms with Gasteiger partial charge in [-0.25, -0.2) is 0 Å². The number of carboxylic acid groups (broad SMARTS) is 1. The lowest BCUT2D eigenvalue weighted by Gasteiger charge is -2.39. The van der Waals surface area contributed by atoms with Gasteiger partial charge in [-0.2, -0.15) is 0 Å². The number of carboxylic acids is 1. The van der Waals surface area contributed by atoms with Crippen molar-refractivity contribution >= 4 is 11.9 Å². The van der Waals surface area contributed by atoms with Crippen LogP contribution in [0, 0.1) is 32.1 Å². The van der Waals surface area contributed by atoms with Gasteiger partial charge in [-0.05, 0) is 32.1 Å². The van der Waals surface area contributed by atoms with Gasteiger partial charge in [-0.1, -0.05) is 6.92 Å². The van der Waals surface area contributed by atoms with Crippen molar-refractivity contribution in [3.05, 3.63) is 20.2 Å². The summed E-state index contributed by atoms with van der Waals surface area (Å²) in [5.74, 6) is -2.41. The van der Waals surface area contributed by atoms with Gasteiger partial charge >= 0.3 is 5.97 Å². The zero-order valence-electron chi connectivity index (χ0n) is 14.2. The summed E-state index contributed by atoms with van der Waals surface area (Å²) in [6.07, 6.45) is -1.27. The van der Waals surface area contributed by atoms with E-state index in [1.54, 1.807) is 4.90 Å². The minimum Gasteiger partial charge on any atom is -0.481 e. The smallest absolute Gasteiger partial charge is 0.306 e. The molecule has 146 valence electrons. The van der Waals surface area contributed by atoms with Gasteiger partial charge in [0.05, 0.1) is 5.92 Å². The monoisotopic (exact) mass is 375 g/mol. The quantitative estimate of drug-likeness (QED) is 0.497. The Hall–Kier alpha value is -2.66. The predicted molar refractivity (Wildman–Crippen MR) is 82.6 cm³/mol. The van der Waals surface area contributed by atoms with Crippen LogP contribution < -0.4 is 0 Å². The SMILES string of the molecule is CCC1CC(C(=O)O)CCN1C(=O)C1C[C@H](O[N+](=O)[O-])[C@H](O[N+](=O)[O-])C1. The number of rotatable bonds is 7. The molecular formula is C14H21N3O9. The van der Waals surface area contributed by atoms with Crippen LogP contribution in [0.3, 0.4) is 0 Å². The molecular weight excluding hydrogens is 354 g/mol. The molecule has 0 bridgehead atoms. The van der Waals surface area contributed by atoms with Crippen LogP contribution in [0.15, 0.2) is 0 Å². The Kier molecular flexibility index (Phi) is 6.16. The van der Waals surface area contributed by atoms with E-state index in [0.717, 1.165) is 0 Å². The van der Waals surface area contributed by atoms with Crippen molar-refractivity contribution < 1.29 is 34.5 Å². The number of hydrogen-bond donors (Lipinski definition) is 1. The van der Waals surface area contributed by atoms with Gasteiger partial charge in [0.15, 0.2) is 0 Å². The van der Waals surface area contributed by atoms with Crippen molar-refractivity contribution in [2.24, 2.45) is 11.8 Å². The molecule has 2 rings (SSSR count). The van der Waals surface area contributed by atoms with Gasteiger partial charge in [0.1, 0.15) is 12.2 Å². The van der Waals surface area contributed by atoms with Crippen molar-refractivity contribution in [2.45, 2.75) is 57.3 Å². The number of likely N-dealkylation sites (tertiary alicyclic amines) is 1. The van der Waals surface area contributed by atoms with E-state index in [1.807, 2.05) is 6.92 Å². The normalized spacial score (nSPS) is 31.3. The molecule has 2 aliphatic rings. The zero-order chi connectivity index (χ0) is 19.4.